The molecular formula is C25H30N8OS. The van der Waals surface area contributed by atoms with Gasteiger partial charge in [0.25, 0.3) is 5.56 Å². The Labute approximate surface area is 208 Å². The summed E-state index contributed by atoms with van der Waals surface area (Å²) in [5.41, 5.74) is 6.18. The van der Waals surface area contributed by atoms with Crippen LogP contribution in [0.4, 0.5) is 5.69 Å². The van der Waals surface area contributed by atoms with Crippen LogP contribution in [0.5, 0.6) is 0 Å². The van der Waals surface area contributed by atoms with Gasteiger partial charge in [0, 0.05) is 44.3 Å². The fourth-order valence-corrected chi connectivity index (χ4v) is 5.90. The average Bonchev–Trinajstić information content (AvgIpc) is 3.52. The zero-order chi connectivity index (χ0) is 24.7. The molecule has 182 valence electrons. The van der Waals surface area contributed by atoms with Crippen molar-refractivity contribution in [3.8, 4) is 6.07 Å². The zero-order valence-corrected chi connectivity index (χ0v) is 21.4. The van der Waals surface area contributed by atoms with Crippen LogP contribution in [0.15, 0.2) is 34.7 Å². The lowest BCUT2D eigenvalue weighted by Crippen LogP contribution is -2.58. The van der Waals surface area contributed by atoms with Gasteiger partial charge in [-0.05, 0) is 31.9 Å². The predicted octanol–water partition coefficient (Wildman–Crippen LogP) is 3.70. The quantitative estimate of drug-likeness (QED) is 0.407. The SMILES string of the molecule is CC[C@H]1CN(C(C)c2ccc3ncsc3n2)[C@H](CC)CN1c1cc(=O)n(C)c2cn(CC#N)nc12. The van der Waals surface area contributed by atoms with E-state index in [1.54, 1.807) is 39.9 Å². The third-order valence-electron chi connectivity index (χ3n) is 7.30. The number of aryl methyl sites for hydroxylation is 1. The first kappa shape index (κ1) is 23.5. The van der Waals surface area contributed by atoms with Crippen LogP contribution >= 0.6 is 11.3 Å². The van der Waals surface area contributed by atoms with E-state index < -0.39 is 0 Å². The van der Waals surface area contributed by atoms with E-state index >= 15 is 0 Å². The molecular weight excluding hydrogens is 460 g/mol. The number of pyridine rings is 2. The number of nitriles is 1. The van der Waals surface area contributed by atoms with Gasteiger partial charge >= 0.3 is 0 Å². The molecule has 4 aromatic rings. The Hall–Kier alpha value is -3.29. The molecule has 0 radical (unpaired) electrons. The number of hydrogen-bond donors (Lipinski definition) is 0. The molecule has 1 aliphatic heterocycles. The Morgan fingerprint density at radius 1 is 1.23 bits per heavy atom. The fraction of sp³-hybridized carbons (Fsp3) is 0.480. The van der Waals surface area contributed by atoms with Crippen LogP contribution in [0.1, 0.15) is 45.3 Å². The van der Waals surface area contributed by atoms with Gasteiger partial charge in [0.05, 0.1) is 40.2 Å². The maximum Gasteiger partial charge on any atom is 0.252 e. The lowest BCUT2D eigenvalue weighted by molar-refractivity contribution is 0.0993. The van der Waals surface area contributed by atoms with E-state index in [0.29, 0.717) is 6.04 Å². The number of anilines is 1. The number of hydrogen-bond acceptors (Lipinski definition) is 8. The lowest BCUT2D eigenvalue weighted by atomic mass is 9.98. The average molecular weight is 491 g/mol. The van der Waals surface area contributed by atoms with Gasteiger partial charge in [-0.2, -0.15) is 10.4 Å². The van der Waals surface area contributed by atoms with E-state index in [2.05, 4.69) is 58.9 Å². The number of piperazine rings is 1. The van der Waals surface area contributed by atoms with Gasteiger partial charge in [-0.3, -0.25) is 14.4 Å². The summed E-state index contributed by atoms with van der Waals surface area (Å²) in [6.45, 7) is 8.47. The molecule has 10 heteroatoms. The molecule has 0 amide bonds. The normalized spacial score (nSPS) is 19.9. The molecule has 5 heterocycles. The Morgan fingerprint density at radius 3 is 2.77 bits per heavy atom. The fourth-order valence-electron chi connectivity index (χ4n) is 5.23. The molecule has 1 saturated heterocycles. The van der Waals surface area contributed by atoms with Crippen molar-refractivity contribution >= 4 is 38.4 Å². The number of nitrogens with zero attached hydrogens (tertiary/aromatic N) is 8. The summed E-state index contributed by atoms with van der Waals surface area (Å²) in [5, 5.41) is 13.8. The summed E-state index contributed by atoms with van der Waals surface area (Å²) in [7, 11) is 1.76. The standard InChI is InChI=1S/C25H30N8OS/c1-5-17-13-33(21-11-23(34)30(4)22-14-31(10-9-26)29-24(21)22)18(6-2)12-32(17)16(3)19-7-8-20-25(28-19)35-15-27-20/h7-8,11,14-18H,5-6,10,12-13H2,1-4H3/t16?,17-,18+/m1/s1. The number of aromatic nitrogens is 5. The van der Waals surface area contributed by atoms with Crippen LogP contribution < -0.4 is 10.5 Å². The number of fused-ring (bicyclic) bond motifs is 2. The second-order valence-electron chi connectivity index (χ2n) is 9.21. The summed E-state index contributed by atoms with van der Waals surface area (Å²) in [6.07, 6.45) is 3.72. The lowest BCUT2D eigenvalue weighted by Gasteiger charge is -2.49. The molecule has 1 aliphatic rings. The van der Waals surface area contributed by atoms with Crippen molar-refractivity contribution in [1.29, 1.82) is 5.26 Å². The van der Waals surface area contributed by atoms with E-state index in [9.17, 15) is 4.79 Å². The Morgan fingerprint density at radius 2 is 2.03 bits per heavy atom. The summed E-state index contributed by atoms with van der Waals surface area (Å²) in [6, 6.07) is 8.70. The Bertz CT molecular complexity index is 1460. The molecule has 9 nitrogen and oxygen atoms in total. The minimum atomic E-state index is -0.0650. The van der Waals surface area contributed by atoms with Crippen LogP contribution in [-0.4, -0.2) is 54.4 Å². The van der Waals surface area contributed by atoms with Crippen molar-refractivity contribution in [3.63, 3.8) is 0 Å². The van der Waals surface area contributed by atoms with E-state index in [1.807, 2.05) is 5.51 Å². The summed E-state index contributed by atoms with van der Waals surface area (Å²) < 4.78 is 3.23. The van der Waals surface area contributed by atoms with Crippen LogP contribution in [0.25, 0.3) is 21.4 Å². The van der Waals surface area contributed by atoms with Crippen molar-refractivity contribution in [1.82, 2.24) is 29.2 Å². The molecule has 0 spiro atoms. The van der Waals surface area contributed by atoms with E-state index in [0.717, 1.165) is 58.7 Å². The maximum atomic E-state index is 12.9. The third kappa shape index (κ3) is 4.09. The highest BCUT2D eigenvalue weighted by Crippen LogP contribution is 2.34. The molecule has 0 aromatic carbocycles. The van der Waals surface area contributed by atoms with Gasteiger partial charge in [0.1, 0.15) is 16.9 Å². The highest BCUT2D eigenvalue weighted by Gasteiger charge is 2.36. The molecule has 3 atom stereocenters. The minimum Gasteiger partial charge on any atom is -0.364 e. The van der Waals surface area contributed by atoms with E-state index in [1.165, 1.54) is 0 Å². The van der Waals surface area contributed by atoms with Crippen LogP contribution in [0.2, 0.25) is 0 Å². The zero-order valence-electron chi connectivity index (χ0n) is 20.5. The first-order chi connectivity index (χ1) is 16.9. The molecule has 1 unspecified atom stereocenters. The second kappa shape index (κ2) is 9.40. The summed E-state index contributed by atoms with van der Waals surface area (Å²) >= 11 is 1.57. The van der Waals surface area contributed by atoms with Gasteiger partial charge in [-0.25, -0.2) is 9.97 Å². The van der Waals surface area contributed by atoms with Crippen molar-refractivity contribution in [2.75, 3.05) is 18.0 Å². The van der Waals surface area contributed by atoms with Crippen molar-refractivity contribution in [2.24, 2.45) is 7.05 Å². The molecule has 4 aromatic heterocycles. The van der Waals surface area contributed by atoms with Gasteiger partial charge in [0.2, 0.25) is 0 Å². The molecule has 5 rings (SSSR count). The molecule has 0 saturated carbocycles. The molecule has 0 aliphatic carbocycles. The topological polar surface area (TPSA) is 95.9 Å². The van der Waals surface area contributed by atoms with Crippen LogP contribution in [0.3, 0.4) is 0 Å². The smallest absolute Gasteiger partial charge is 0.252 e. The predicted molar refractivity (Wildman–Crippen MR) is 139 cm³/mol. The number of rotatable bonds is 6. The van der Waals surface area contributed by atoms with Gasteiger partial charge < -0.3 is 9.47 Å². The molecule has 0 bridgehead atoms. The van der Waals surface area contributed by atoms with Crippen molar-refractivity contribution in [3.05, 3.63) is 46.0 Å². The van der Waals surface area contributed by atoms with Crippen LogP contribution in [-0.2, 0) is 13.6 Å². The van der Waals surface area contributed by atoms with Gasteiger partial charge in [-0.1, -0.05) is 13.8 Å². The first-order valence-corrected chi connectivity index (χ1v) is 13.0. The Balaban J connectivity index is 1.51. The van der Waals surface area contributed by atoms with E-state index in [-0.39, 0.29) is 24.2 Å². The number of thiazole rings is 1. The highest BCUT2D eigenvalue weighted by atomic mass is 32.1. The minimum absolute atomic E-state index is 0.0650. The highest BCUT2D eigenvalue weighted by molar-refractivity contribution is 7.16. The largest absolute Gasteiger partial charge is 0.364 e. The van der Waals surface area contributed by atoms with Gasteiger partial charge in [0.15, 0.2) is 0 Å². The molecule has 0 N–H and O–H groups in total. The maximum absolute atomic E-state index is 12.9. The first-order valence-electron chi connectivity index (χ1n) is 12.1. The summed E-state index contributed by atoms with van der Waals surface area (Å²) in [4.78, 5) is 28.0. The van der Waals surface area contributed by atoms with E-state index in [4.69, 9.17) is 10.2 Å². The van der Waals surface area contributed by atoms with Crippen LogP contribution in [0, 0.1) is 11.3 Å². The molecule has 1 fully saturated rings. The Kier molecular flexibility index (Phi) is 6.30. The van der Waals surface area contributed by atoms with Crippen molar-refractivity contribution < 1.29 is 0 Å². The van der Waals surface area contributed by atoms with Gasteiger partial charge in [-0.15, -0.1) is 11.3 Å². The second-order valence-corrected chi connectivity index (χ2v) is 10.0. The molecule has 35 heavy (non-hydrogen) atoms. The third-order valence-corrected chi connectivity index (χ3v) is 8.04. The summed E-state index contributed by atoms with van der Waals surface area (Å²) in [5.74, 6) is 0. The monoisotopic (exact) mass is 490 g/mol. The van der Waals surface area contributed by atoms with Crippen molar-refractivity contribution in [2.45, 2.75) is 58.3 Å².